The number of carbonyl (C=O) groups is 2. The van der Waals surface area contributed by atoms with E-state index >= 15 is 0 Å². The van der Waals surface area contributed by atoms with Crippen LogP contribution in [0.15, 0.2) is 24.3 Å². The van der Waals surface area contributed by atoms with Crippen molar-refractivity contribution in [3.05, 3.63) is 35.4 Å². The van der Waals surface area contributed by atoms with Gasteiger partial charge in [0, 0.05) is 6.54 Å². The highest BCUT2D eigenvalue weighted by Crippen LogP contribution is 2.03. The minimum absolute atomic E-state index is 0.147. The van der Waals surface area contributed by atoms with E-state index in [1.807, 2.05) is 0 Å². The van der Waals surface area contributed by atoms with Crippen LogP contribution < -0.4 is 5.32 Å². The number of nitrogens with one attached hydrogen (secondary N) is 1. The molecule has 0 spiro atoms. The molecule has 2 N–H and O–H groups in total. The molecule has 1 aromatic rings. The second kappa shape index (κ2) is 6.65. The summed E-state index contributed by atoms with van der Waals surface area (Å²) in [6.45, 7) is 2.77. The van der Waals surface area contributed by atoms with Gasteiger partial charge in [-0.2, -0.15) is 0 Å². The topological polar surface area (TPSA) is 75.6 Å². The molecule has 17 heavy (non-hydrogen) atoms. The van der Waals surface area contributed by atoms with E-state index in [-0.39, 0.29) is 18.1 Å². The van der Waals surface area contributed by atoms with Crippen LogP contribution in [-0.2, 0) is 16.1 Å². The Morgan fingerprint density at radius 2 is 1.94 bits per heavy atom. The summed E-state index contributed by atoms with van der Waals surface area (Å²) in [6, 6.07) is 6.48. The first-order chi connectivity index (χ1) is 8.13. The Labute approximate surface area is 99.4 Å². The fourth-order valence-electron chi connectivity index (χ4n) is 1.29. The minimum Gasteiger partial charge on any atom is -0.478 e. The van der Waals surface area contributed by atoms with Gasteiger partial charge in [-0.3, -0.25) is 4.79 Å². The van der Waals surface area contributed by atoms with Crippen molar-refractivity contribution in [1.29, 1.82) is 0 Å². The molecule has 0 radical (unpaired) electrons. The maximum Gasteiger partial charge on any atom is 0.335 e. The molecule has 0 aliphatic carbocycles. The van der Waals surface area contributed by atoms with Crippen LogP contribution in [0.2, 0.25) is 0 Å². The Bertz CT molecular complexity index is 386. The monoisotopic (exact) mass is 237 g/mol. The number of ether oxygens (including phenoxy) is 1. The standard InChI is InChI=1S/C12H15NO4/c1-2-17-11(14)8-13-7-9-3-5-10(6-4-9)12(15)16/h3-6,13H,2,7-8H2,1H3,(H,15,16). The van der Waals surface area contributed by atoms with Crippen molar-refractivity contribution >= 4 is 11.9 Å². The molecular weight excluding hydrogens is 222 g/mol. The summed E-state index contributed by atoms with van der Waals surface area (Å²) in [7, 11) is 0. The second-order valence-corrected chi connectivity index (χ2v) is 3.41. The van der Waals surface area contributed by atoms with Crippen LogP contribution in [0.1, 0.15) is 22.8 Å². The average Bonchev–Trinajstić information content (AvgIpc) is 2.30. The zero-order valence-corrected chi connectivity index (χ0v) is 9.60. The summed E-state index contributed by atoms with van der Waals surface area (Å²) in [5.74, 6) is -1.24. The third-order valence-corrected chi connectivity index (χ3v) is 2.10. The average molecular weight is 237 g/mol. The van der Waals surface area contributed by atoms with E-state index in [0.717, 1.165) is 5.56 Å². The maximum atomic E-state index is 11.0. The molecule has 5 heteroatoms. The molecule has 0 aliphatic rings. The molecule has 1 rings (SSSR count). The Balaban J connectivity index is 2.37. The highest BCUT2D eigenvalue weighted by Gasteiger charge is 2.03. The van der Waals surface area contributed by atoms with Gasteiger partial charge in [-0.05, 0) is 24.6 Å². The second-order valence-electron chi connectivity index (χ2n) is 3.41. The molecule has 0 heterocycles. The summed E-state index contributed by atoms with van der Waals surface area (Å²) >= 11 is 0. The van der Waals surface area contributed by atoms with E-state index in [9.17, 15) is 9.59 Å². The highest BCUT2D eigenvalue weighted by molar-refractivity contribution is 5.87. The van der Waals surface area contributed by atoms with Gasteiger partial charge in [0.2, 0.25) is 0 Å². The smallest absolute Gasteiger partial charge is 0.335 e. The van der Waals surface area contributed by atoms with Crippen molar-refractivity contribution in [2.45, 2.75) is 13.5 Å². The Hall–Kier alpha value is -1.88. The van der Waals surface area contributed by atoms with E-state index < -0.39 is 5.97 Å². The lowest BCUT2D eigenvalue weighted by atomic mass is 10.1. The van der Waals surface area contributed by atoms with Crippen LogP contribution in [0.4, 0.5) is 0 Å². The lowest BCUT2D eigenvalue weighted by Gasteiger charge is -2.05. The molecule has 92 valence electrons. The number of rotatable bonds is 6. The van der Waals surface area contributed by atoms with Crippen LogP contribution in [0, 0.1) is 0 Å². The zero-order chi connectivity index (χ0) is 12.7. The quantitative estimate of drug-likeness (QED) is 0.723. The molecule has 0 saturated heterocycles. The van der Waals surface area contributed by atoms with Crippen molar-refractivity contribution in [2.24, 2.45) is 0 Å². The molecule has 0 fully saturated rings. The minimum atomic E-state index is -0.948. The molecule has 0 bridgehead atoms. The van der Waals surface area contributed by atoms with Gasteiger partial charge in [0.25, 0.3) is 0 Å². The number of carbonyl (C=O) groups excluding carboxylic acids is 1. The number of esters is 1. The molecule has 0 saturated carbocycles. The van der Waals surface area contributed by atoms with Crippen molar-refractivity contribution in [1.82, 2.24) is 5.32 Å². The van der Waals surface area contributed by atoms with E-state index in [1.54, 1.807) is 19.1 Å². The van der Waals surface area contributed by atoms with Gasteiger partial charge >= 0.3 is 11.9 Å². The number of benzene rings is 1. The molecule has 0 aromatic heterocycles. The first-order valence-corrected chi connectivity index (χ1v) is 5.32. The van der Waals surface area contributed by atoms with Gasteiger partial charge < -0.3 is 15.2 Å². The Morgan fingerprint density at radius 3 is 2.47 bits per heavy atom. The van der Waals surface area contributed by atoms with E-state index in [0.29, 0.717) is 13.2 Å². The van der Waals surface area contributed by atoms with Crippen LogP contribution in [-0.4, -0.2) is 30.2 Å². The first kappa shape index (κ1) is 13.2. The Kier molecular flexibility index (Phi) is 5.16. The van der Waals surface area contributed by atoms with Crippen LogP contribution in [0.25, 0.3) is 0 Å². The fourth-order valence-corrected chi connectivity index (χ4v) is 1.29. The lowest BCUT2D eigenvalue weighted by molar-refractivity contribution is -0.142. The summed E-state index contributed by atoms with van der Waals surface area (Å²) in [5.41, 5.74) is 1.17. The van der Waals surface area contributed by atoms with Crippen molar-refractivity contribution < 1.29 is 19.4 Å². The number of hydrogen-bond acceptors (Lipinski definition) is 4. The molecule has 0 unspecified atom stereocenters. The van der Waals surface area contributed by atoms with Gasteiger partial charge in [-0.1, -0.05) is 12.1 Å². The van der Waals surface area contributed by atoms with Crippen LogP contribution >= 0.6 is 0 Å². The van der Waals surface area contributed by atoms with Gasteiger partial charge in [0.15, 0.2) is 0 Å². The Morgan fingerprint density at radius 1 is 1.29 bits per heavy atom. The summed E-state index contributed by atoms with van der Waals surface area (Å²) < 4.78 is 4.75. The SMILES string of the molecule is CCOC(=O)CNCc1ccc(C(=O)O)cc1. The predicted octanol–water partition coefficient (Wildman–Crippen LogP) is 1.04. The van der Waals surface area contributed by atoms with Gasteiger partial charge in [0.05, 0.1) is 18.7 Å². The molecule has 5 nitrogen and oxygen atoms in total. The van der Waals surface area contributed by atoms with Gasteiger partial charge in [-0.25, -0.2) is 4.79 Å². The molecule has 0 atom stereocenters. The summed E-state index contributed by atoms with van der Waals surface area (Å²) in [6.07, 6.45) is 0. The highest BCUT2D eigenvalue weighted by atomic mass is 16.5. The van der Waals surface area contributed by atoms with Gasteiger partial charge in [-0.15, -0.1) is 0 Å². The third kappa shape index (κ3) is 4.65. The van der Waals surface area contributed by atoms with Crippen LogP contribution in [0.3, 0.4) is 0 Å². The number of hydrogen-bond donors (Lipinski definition) is 2. The third-order valence-electron chi connectivity index (χ3n) is 2.10. The normalized spacial score (nSPS) is 9.94. The predicted molar refractivity (Wildman–Crippen MR) is 61.7 cm³/mol. The van der Waals surface area contributed by atoms with E-state index in [1.165, 1.54) is 12.1 Å². The summed E-state index contributed by atoms with van der Waals surface area (Å²) in [5, 5.41) is 11.6. The van der Waals surface area contributed by atoms with Crippen molar-refractivity contribution in [3.63, 3.8) is 0 Å². The van der Waals surface area contributed by atoms with Crippen molar-refractivity contribution in [2.75, 3.05) is 13.2 Å². The number of aromatic carboxylic acids is 1. The van der Waals surface area contributed by atoms with E-state index in [2.05, 4.69) is 5.32 Å². The van der Waals surface area contributed by atoms with E-state index in [4.69, 9.17) is 9.84 Å². The summed E-state index contributed by atoms with van der Waals surface area (Å²) in [4.78, 5) is 21.6. The van der Waals surface area contributed by atoms with Crippen molar-refractivity contribution in [3.8, 4) is 0 Å². The molecule has 0 amide bonds. The lowest BCUT2D eigenvalue weighted by Crippen LogP contribution is -2.24. The number of carboxylic acid groups (broad SMARTS) is 1. The first-order valence-electron chi connectivity index (χ1n) is 5.32. The van der Waals surface area contributed by atoms with Crippen LogP contribution in [0.5, 0.6) is 0 Å². The molecular formula is C12H15NO4. The molecule has 0 aliphatic heterocycles. The zero-order valence-electron chi connectivity index (χ0n) is 9.60. The number of carboxylic acids is 1. The van der Waals surface area contributed by atoms with Gasteiger partial charge in [0.1, 0.15) is 0 Å². The molecule has 1 aromatic carbocycles. The maximum absolute atomic E-state index is 11.0. The largest absolute Gasteiger partial charge is 0.478 e. The fraction of sp³-hybridized carbons (Fsp3) is 0.333.